The van der Waals surface area contributed by atoms with Gasteiger partial charge in [-0.3, -0.25) is 0 Å². The maximum absolute atomic E-state index is 12.7. The summed E-state index contributed by atoms with van der Waals surface area (Å²) in [5.41, 5.74) is 7.95. The summed E-state index contributed by atoms with van der Waals surface area (Å²) in [7, 11) is 12.1. The molecule has 0 unspecified atom stereocenters. The summed E-state index contributed by atoms with van der Waals surface area (Å²) in [6, 6.07) is 13.7. The molecule has 4 aromatic rings. The smallest absolute Gasteiger partial charge is 0.338 e. The second-order valence-corrected chi connectivity index (χ2v) is 18.5. The number of hydrogen-bond acceptors (Lipinski definition) is 20. The molecule has 0 aromatic heterocycles. The molecule has 0 amide bonds. The lowest BCUT2D eigenvalue weighted by atomic mass is 9.84. The van der Waals surface area contributed by atoms with Crippen LogP contribution in [0.5, 0.6) is 34.5 Å². The third kappa shape index (κ3) is 23.7. The van der Waals surface area contributed by atoms with E-state index in [2.05, 4.69) is 0 Å². The Kier molecular flexibility index (Phi) is 33.8. The van der Waals surface area contributed by atoms with Gasteiger partial charge >= 0.3 is 23.9 Å². The fourth-order valence-electron chi connectivity index (χ4n) is 7.34. The first-order chi connectivity index (χ1) is 38.9. The normalized spacial score (nSPS) is 10.8. The molecule has 0 aliphatic heterocycles. The molecule has 0 saturated heterocycles. The van der Waals surface area contributed by atoms with Crippen molar-refractivity contribution in [3.63, 3.8) is 0 Å². The van der Waals surface area contributed by atoms with E-state index in [1.807, 2.05) is 79.7 Å². The van der Waals surface area contributed by atoms with E-state index in [9.17, 15) is 19.2 Å². The summed E-state index contributed by atoms with van der Waals surface area (Å²) in [6.07, 6.45) is 1.48. The molecule has 0 aliphatic carbocycles. The third-order valence-electron chi connectivity index (χ3n) is 13.0. The van der Waals surface area contributed by atoms with E-state index in [1.54, 1.807) is 66.9 Å². The van der Waals surface area contributed by atoms with Crippen molar-refractivity contribution in [1.29, 1.82) is 0 Å². The first kappa shape index (κ1) is 70.4. The molecular weight excluding hydrogens is 1050 g/mol. The van der Waals surface area contributed by atoms with Crippen LogP contribution < -0.4 is 28.4 Å². The molecular formula is C61H88O20. The van der Waals surface area contributed by atoms with Gasteiger partial charge in [-0.2, -0.15) is 0 Å². The highest BCUT2D eigenvalue weighted by atomic mass is 16.6. The number of methoxy groups -OCH3 is 8. The highest BCUT2D eigenvalue weighted by Crippen LogP contribution is 2.41. The first-order valence-corrected chi connectivity index (χ1v) is 26.6. The largest absolute Gasteiger partial charge is 0.487 e. The van der Waals surface area contributed by atoms with Crippen molar-refractivity contribution in [1.82, 2.24) is 0 Å². The van der Waals surface area contributed by atoms with Crippen molar-refractivity contribution < 1.29 is 95.0 Å². The minimum Gasteiger partial charge on any atom is -0.487 e. The van der Waals surface area contributed by atoms with Crippen LogP contribution in [0, 0.1) is 47.0 Å². The van der Waals surface area contributed by atoms with Gasteiger partial charge in [-0.1, -0.05) is 13.8 Å². The van der Waals surface area contributed by atoms with Gasteiger partial charge in [0.1, 0.15) is 52.9 Å². The minimum atomic E-state index is -0.503. The summed E-state index contributed by atoms with van der Waals surface area (Å²) in [6.45, 7) is 20.7. The number of esters is 4. The second kappa shape index (κ2) is 38.9. The quantitative estimate of drug-likeness (QED) is 0.0242. The Morgan fingerprint density at radius 2 is 0.568 bits per heavy atom. The second-order valence-electron chi connectivity index (χ2n) is 18.5. The van der Waals surface area contributed by atoms with Crippen LogP contribution in [0.15, 0.2) is 48.5 Å². The third-order valence-corrected chi connectivity index (χ3v) is 13.0. The van der Waals surface area contributed by atoms with Gasteiger partial charge in [0.25, 0.3) is 0 Å². The van der Waals surface area contributed by atoms with Crippen molar-refractivity contribution in [2.45, 2.75) is 68.2 Å². The molecule has 20 nitrogen and oxygen atoms in total. The lowest BCUT2D eigenvalue weighted by molar-refractivity contribution is -0.00864. The van der Waals surface area contributed by atoms with Crippen LogP contribution in [0.25, 0.3) is 0 Å². The zero-order chi connectivity index (χ0) is 60.3. The predicted molar refractivity (Wildman–Crippen MR) is 305 cm³/mol. The van der Waals surface area contributed by atoms with E-state index in [0.717, 1.165) is 35.1 Å². The molecule has 0 N–H and O–H groups in total. The van der Waals surface area contributed by atoms with E-state index < -0.39 is 17.4 Å². The van der Waals surface area contributed by atoms with Crippen molar-refractivity contribution >= 4 is 23.9 Å². The highest BCUT2D eigenvalue weighted by Gasteiger charge is 2.31. The Balaban J connectivity index is 0.000000419. The monoisotopic (exact) mass is 1140 g/mol. The highest BCUT2D eigenvalue weighted by molar-refractivity contribution is 5.92. The van der Waals surface area contributed by atoms with Gasteiger partial charge in [0.2, 0.25) is 11.5 Å². The molecule has 0 saturated carbocycles. The molecule has 0 atom stereocenters. The Morgan fingerprint density at radius 1 is 0.333 bits per heavy atom. The number of rotatable bonds is 34. The van der Waals surface area contributed by atoms with E-state index in [4.69, 9.17) is 75.8 Å². The average molecular weight is 1140 g/mol. The number of aryl methyl sites for hydroxylation is 4. The number of ether oxygens (including phenoxy) is 16. The summed E-state index contributed by atoms with van der Waals surface area (Å²) in [5, 5.41) is 0. The molecule has 0 heterocycles. The molecule has 0 spiro atoms. The van der Waals surface area contributed by atoms with Crippen LogP contribution in [0.1, 0.15) is 102 Å². The SMILES string of the molecule is CCC(CC)(COC(=O)c1cc(C)c(C)c(C)c1)COC(=O)c1cc(C)c(C)c(C)c1.COCCOc1cc(C(=O)OC)cc(OCCOC)c1OCCOC.COCCOc1cc(C(=O)OC)cc(OCCOC)c1OCCOC. The Morgan fingerprint density at radius 3 is 0.790 bits per heavy atom. The Bertz CT molecular complexity index is 2260. The molecule has 81 heavy (non-hydrogen) atoms. The number of carbonyl (C=O) groups excluding carboxylic acids is 4. The molecule has 0 aliphatic rings. The molecule has 0 bridgehead atoms. The van der Waals surface area contributed by atoms with Gasteiger partial charge in [0.05, 0.1) is 76.1 Å². The Hall–Kier alpha value is -6.68. The van der Waals surface area contributed by atoms with Gasteiger partial charge in [0, 0.05) is 48.1 Å². The van der Waals surface area contributed by atoms with Crippen LogP contribution in [0.4, 0.5) is 0 Å². The predicted octanol–water partition coefficient (Wildman–Crippen LogP) is 9.45. The van der Waals surface area contributed by atoms with Crippen molar-refractivity contribution in [3.05, 3.63) is 104 Å². The molecule has 4 aromatic carbocycles. The van der Waals surface area contributed by atoms with E-state index in [0.29, 0.717) is 136 Å². The molecule has 452 valence electrons. The van der Waals surface area contributed by atoms with E-state index >= 15 is 0 Å². The van der Waals surface area contributed by atoms with Gasteiger partial charge in [-0.15, -0.1) is 0 Å². The summed E-state index contributed by atoms with van der Waals surface area (Å²) < 4.78 is 85.0. The van der Waals surface area contributed by atoms with Crippen LogP contribution in [0.2, 0.25) is 0 Å². The standard InChI is InChI=1S/C27H36O4.2C17H26O8/c1-9-27(10-2,15-30-25(28)23-11-17(3)21(7)18(4)12-23)16-31-26(29)24-13-19(5)22(8)20(6)14-24;2*1-19-5-8-23-14-11-13(17(18)22-4)12-15(24-9-6-20-2)16(14)25-10-7-21-3/h11-14H,9-10,15-16H2,1-8H3;2*11-12H,5-10H2,1-4H3. The zero-order valence-corrected chi connectivity index (χ0v) is 50.6. The summed E-state index contributed by atoms with van der Waals surface area (Å²) >= 11 is 0. The molecule has 0 fully saturated rings. The number of carbonyl (C=O) groups is 4. The van der Waals surface area contributed by atoms with Crippen molar-refractivity contribution in [3.8, 4) is 34.5 Å². The van der Waals surface area contributed by atoms with Crippen LogP contribution in [-0.2, 0) is 47.4 Å². The maximum Gasteiger partial charge on any atom is 0.338 e. The lowest BCUT2D eigenvalue weighted by Crippen LogP contribution is -2.33. The van der Waals surface area contributed by atoms with E-state index in [1.165, 1.54) is 25.3 Å². The van der Waals surface area contributed by atoms with Crippen LogP contribution >= 0.6 is 0 Å². The fourth-order valence-corrected chi connectivity index (χ4v) is 7.34. The summed E-state index contributed by atoms with van der Waals surface area (Å²) in [4.78, 5) is 49.2. The van der Waals surface area contributed by atoms with Gasteiger partial charge in [-0.05, 0) is 136 Å². The maximum atomic E-state index is 12.7. The van der Waals surface area contributed by atoms with Gasteiger partial charge < -0.3 is 75.8 Å². The minimum absolute atomic E-state index is 0.212. The zero-order valence-electron chi connectivity index (χ0n) is 50.6. The number of benzene rings is 4. The van der Waals surface area contributed by atoms with Crippen molar-refractivity contribution in [2.24, 2.45) is 5.41 Å². The van der Waals surface area contributed by atoms with Gasteiger partial charge in [-0.25, -0.2) is 19.2 Å². The average Bonchev–Trinajstić information content (AvgIpc) is 3.46. The lowest BCUT2D eigenvalue weighted by Gasteiger charge is -2.30. The van der Waals surface area contributed by atoms with Crippen molar-refractivity contribution in [2.75, 3.05) is 149 Å². The van der Waals surface area contributed by atoms with Crippen LogP contribution in [-0.4, -0.2) is 173 Å². The number of hydrogen-bond donors (Lipinski definition) is 0. The van der Waals surface area contributed by atoms with Gasteiger partial charge in [0.15, 0.2) is 23.0 Å². The van der Waals surface area contributed by atoms with Crippen LogP contribution in [0.3, 0.4) is 0 Å². The van der Waals surface area contributed by atoms with E-state index in [-0.39, 0.29) is 25.2 Å². The topological polar surface area (TPSA) is 216 Å². The summed E-state index contributed by atoms with van der Waals surface area (Å²) in [5.74, 6) is 0.545. The molecule has 0 radical (unpaired) electrons. The Labute approximate surface area is 479 Å². The molecule has 20 heteroatoms. The first-order valence-electron chi connectivity index (χ1n) is 26.6. The fraction of sp³-hybridized carbons (Fsp3) is 0.541. The molecule has 4 rings (SSSR count).